The fourth-order valence-corrected chi connectivity index (χ4v) is 2.98. The van der Waals surface area contributed by atoms with Crippen molar-refractivity contribution in [2.24, 2.45) is 4.99 Å². The Labute approximate surface area is 156 Å². The Kier molecular flexibility index (Phi) is 5.03. The lowest BCUT2D eigenvalue weighted by molar-refractivity contribution is 0.0940. The van der Waals surface area contributed by atoms with E-state index in [4.69, 9.17) is 14.2 Å². The first-order valence-electron chi connectivity index (χ1n) is 8.19. The minimum absolute atomic E-state index is 0.00279. The zero-order valence-electron chi connectivity index (χ0n) is 15.5. The smallest absolute Gasteiger partial charge is 0.228 e. The summed E-state index contributed by atoms with van der Waals surface area (Å²) in [7, 11) is 4.56. The molecular formula is C20H20N2O5. The van der Waals surface area contributed by atoms with E-state index in [0.29, 0.717) is 39.5 Å². The monoisotopic (exact) mass is 368 g/mol. The molecule has 0 amide bonds. The number of ether oxygens (including phenoxy) is 3. The van der Waals surface area contributed by atoms with E-state index in [-0.39, 0.29) is 11.7 Å². The van der Waals surface area contributed by atoms with Crippen molar-refractivity contribution < 1.29 is 24.1 Å². The highest BCUT2D eigenvalue weighted by atomic mass is 16.5. The summed E-state index contributed by atoms with van der Waals surface area (Å²) in [6.45, 7) is 1.43. The van der Waals surface area contributed by atoms with E-state index in [1.807, 2.05) is 0 Å². The number of rotatable bonds is 5. The number of para-hydroxylation sites is 1. The minimum atomic E-state index is -0.224. The van der Waals surface area contributed by atoms with Crippen LogP contribution in [0.2, 0.25) is 0 Å². The Morgan fingerprint density at radius 2 is 1.70 bits per heavy atom. The van der Waals surface area contributed by atoms with E-state index >= 15 is 0 Å². The third kappa shape index (κ3) is 3.19. The molecule has 0 saturated carbocycles. The minimum Gasteiger partial charge on any atom is -0.505 e. The van der Waals surface area contributed by atoms with Gasteiger partial charge in [0.25, 0.3) is 0 Å². The number of aromatic nitrogens is 1. The average Bonchev–Trinajstić information content (AvgIpc) is 2.97. The maximum atomic E-state index is 12.1. The first kappa shape index (κ1) is 18.3. The zero-order chi connectivity index (χ0) is 19.6. The van der Waals surface area contributed by atoms with E-state index in [2.05, 4.69) is 4.99 Å². The van der Waals surface area contributed by atoms with Gasteiger partial charge in [0, 0.05) is 24.4 Å². The van der Waals surface area contributed by atoms with Crippen molar-refractivity contribution in [2.75, 3.05) is 21.3 Å². The average molecular weight is 368 g/mol. The summed E-state index contributed by atoms with van der Waals surface area (Å²) in [5, 5.41) is 11.1. The maximum Gasteiger partial charge on any atom is 0.228 e. The van der Waals surface area contributed by atoms with Gasteiger partial charge in [-0.05, 0) is 12.1 Å². The lowest BCUT2D eigenvalue weighted by atomic mass is 10.2. The molecule has 1 heterocycles. The molecule has 0 bridgehead atoms. The first-order chi connectivity index (χ1) is 13.0. The van der Waals surface area contributed by atoms with Crippen molar-refractivity contribution in [1.82, 2.24) is 4.57 Å². The first-order valence-corrected chi connectivity index (χ1v) is 8.19. The maximum absolute atomic E-state index is 12.1. The van der Waals surface area contributed by atoms with Gasteiger partial charge < -0.3 is 19.3 Å². The van der Waals surface area contributed by atoms with Gasteiger partial charge in [-0.1, -0.05) is 12.1 Å². The van der Waals surface area contributed by atoms with E-state index in [9.17, 15) is 9.90 Å². The van der Waals surface area contributed by atoms with E-state index in [1.54, 1.807) is 36.4 Å². The summed E-state index contributed by atoms with van der Waals surface area (Å²) in [4.78, 5) is 16.5. The largest absolute Gasteiger partial charge is 0.505 e. The highest BCUT2D eigenvalue weighted by molar-refractivity contribution is 6.04. The summed E-state index contributed by atoms with van der Waals surface area (Å²) in [5.41, 5.74) is 1.44. The number of aromatic hydroxyl groups is 1. The number of benzene rings is 2. The van der Waals surface area contributed by atoms with E-state index in [1.165, 1.54) is 39.0 Å². The number of hydrogen-bond acceptors (Lipinski definition) is 6. The molecule has 0 unspecified atom stereocenters. The van der Waals surface area contributed by atoms with Crippen LogP contribution in [0.5, 0.6) is 23.0 Å². The van der Waals surface area contributed by atoms with Crippen molar-refractivity contribution in [3.63, 3.8) is 0 Å². The Bertz CT molecular complexity index is 1010. The van der Waals surface area contributed by atoms with Crippen molar-refractivity contribution in [1.29, 1.82) is 0 Å². The number of hydrogen-bond donors (Lipinski definition) is 1. The van der Waals surface area contributed by atoms with Crippen LogP contribution < -0.4 is 14.2 Å². The standard InChI is InChI=1S/C20H20N2O5/c1-12(23)22-15-8-6-5-7-14(15)19(24)16(22)11-21-13-9-17(25-2)20(27-4)18(10-13)26-3/h5-11,24H,1-4H3. The van der Waals surface area contributed by atoms with Crippen LogP contribution in [-0.2, 0) is 0 Å². The normalized spacial score (nSPS) is 11.1. The second kappa shape index (κ2) is 7.41. The fraction of sp³-hybridized carbons (Fsp3) is 0.200. The number of fused-ring (bicyclic) bond motifs is 1. The summed E-state index contributed by atoms with van der Waals surface area (Å²) < 4.78 is 17.4. The molecule has 3 rings (SSSR count). The van der Waals surface area contributed by atoms with Crippen molar-refractivity contribution in [3.8, 4) is 23.0 Å². The molecule has 0 spiro atoms. The molecule has 27 heavy (non-hydrogen) atoms. The lowest BCUT2D eigenvalue weighted by Crippen LogP contribution is -2.09. The van der Waals surface area contributed by atoms with Crippen molar-refractivity contribution in [3.05, 3.63) is 42.1 Å². The van der Waals surface area contributed by atoms with Gasteiger partial charge in [-0.25, -0.2) is 0 Å². The molecular weight excluding hydrogens is 348 g/mol. The third-order valence-corrected chi connectivity index (χ3v) is 4.18. The van der Waals surface area contributed by atoms with Gasteiger partial charge in [-0.2, -0.15) is 0 Å². The van der Waals surface area contributed by atoms with Gasteiger partial charge in [-0.15, -0.1) is 0 Å². The van der Waals surface area contributed by atoms with Crippen LogP contribution >= 0.6 is 0 Å². The van der Waals surface area contributed by atoms with Gasteiger partial charge in [0.15, 0.2) is 17.2 Å². The molecule has 0 fully saturated rings. The summed E-state index contributed by atoms with van der Waals surface area (Å²) in [5.74, 6) is 1.15. The second-order valence-corrected chi connectivity index (χ2v) is 5.75. The number of methoxy groups -OCH3 is 3. The lowest BCUT2D eigenvalue weighted by Gasteiger charge is -2.12. The highest BCUT2D eigenvalue weighted by Gasteiger charge is 2.18. The second-order valence-electron chi connectivity index (χ2n) is 5.75. The van der Waals surface area contributed by atoms with E-state index < -0.39 is 0 Å². The molecule has 0 aliphatic carbocycles. The molecule has 0 radical (unpaired) electrons. The van der Waals surface area contributed by atoms with Crippen LogP contribution in [-0.4, -0.2) is 43.1 Å². The molecule has 0 aliphatic rings. The van der Waals surface area contributed by atoms with Gasteiger partial charge in [0.1, 0.15) is 5.69 Å². The van der Waals surface area contributed by atoms with Crippen LogP contribution in [0.1, 0.15) is 17.4 Å². The Morgan fingerprint density at radius 3 is 2.26 bits per heavy atom. The number of carbonyl (C=O) groups excluding carboxylic acids is 1. The molecule has 2 aromatic carbocycles. The Hall–Kier alpha value is -3.48. The Morgan fingerprint density at radius 1 is 1.07 bits per heavy atom. The van der Waals surface area contributed by atoms with Crippen molar-refractivity contribution >= 4 is 28.7 Å². The molecule has 7 heteroatoms. The highest BCUT2D eigenvalue weighted by Crippen LogP contribution is 2.41. The topological polar surface area (TPSA) is 82.3 Å². The van der Waals surface area contributed by atoms with Crippen molar-refractivity contribution in [2.45, 2.75) is 6.92 Å². The zero-order valence-corrected chi connectivity index (χ0v) is 15.5. The molecule has 1 N–H and O–H groups in total. The van der Waals surface area contributed by atoms with Gasteiger partial charge in [-0.3, -0.25) is 14.4 Å². The van der Waals surface area contributed by atoms with Crippen LogP contribution in [0.4, 0.5) is 5.69 Å². The quantitative estimate of drug-likeness (QED) is 0.693. The van der Waals surface area contributed by atoms with Gasteiger partial charge in [0.05, 0.1) is 38.7 Å². The van der Waals surface area contributed by atoms with Crippen LogP contribution in [0.15, 0.2) is 41.4 Å². The van der Waals surface area contributed by atoms with E-state index in [0.717, 1.165) is 0 Å². The predicted octanol–water partition coefficient (Wildman–Crippen LogP) is 3.78. The Balaban J connectivity index is 2.13. The number of nitrogens with zero attached hydrogens (tertiary/aromatic N) is 2. The van der Waals surface area contributed by atoms with Crippen LogP contribution in [0, 0.1) is 0 Å². The third-order valence-electron chi connectivity index (χ3n) is 4.18. The SMILES string of the molecule is COc1cc(N=Cc2c(O)c3ccccc3n2C(C)=O)cc(OC)c1OC. The molecule has 140 valence electrons. The molecule has 0 aliphatic heterocycles. The summed E-state index contributed by atoms with van der Waals surface area (Å²) >= 11 is 0. The fourth-order valence-electron chi connectivity index (χ4n) is 2.98. The molecule has 3 aromatic rings. The molecule has 0 atom stereocenters. The molecule has 7 nitrogen and oxygen atoms in total. The van der Waals surface area contributed by atoms with Crippen LogP contribution in [0.3, 0.4) is 0 Å². The summed E-state index contributed by atoms with van der Waals surface area (Å²) in [6.07, 6.45) is 1.44. The number of aliphatic imine (C=N–C) groups is 1. The molecule has 0 saturated heterocycles. The summed E-state index contributed by atoms with van der Waals surface area (Å²) in [6, 6.07) is 10.5. The predicted molar refractivity (Wildman–Crippen MR) is 103 cm³/mol. The molecule has 1 aromatic heterocycles. The number of carbonyl (C=O) groups is 1. The van der Waals surface area contributed by atoms with Crippen LogP contribution in [0.25, 0.3) is 10.9 Å². The van der Waals surface area contributed by atoms with Gasteiger partial charge >= 0.3 is 0 Å². The van der Waals surface area contributed by atoms with Gasteiger partial charge in [0.2, 0.25) is 11.7 Å².